The summed E-state index contributed by atoms with van der Waals surface area (Å²) in [6.45, 7) is 0. The minimum absolute atomic E-state index is 0. The molecule has 1 unspecified atom stereocenters. The number of hydrogen-bond donors (Lipinski definition) is 0. The van der Waals surface area contributed by atoms with Crippen LogP contribution in [0, 0.1) is 20.8 Å². The number of nitrogens with zero attached hydrogens (tertiary/aromatic N) is 1. The summed E-state index contributed by atoms with van der Waals surface area (Å²) in [6.07, 6.45) is 14.4. The predicted molar refractivity (Wildman–Crippen MR) is 139 cm³/mol. The van der Waals surface area contributed by atoms with Gasteiger partial charge < -0.3 is 19.8 Å². The van der Waals surface area contributed by atoms with Crippen LogP contribution in [-0.4, -0.2) is 31.2 Å². The molecule has 2 saturated carbocycles. The molecular formula is C28H44FeNP. The molecular weight excluding hydrogens is 437 g/mol. The topological polar surface area (TPSA) is 3.24 Å². The summed E-state index contributed by atoms with van der Waals surface area (Å²) in [4.78, 5) is 2.48. The van der Waals surface area contributed by atoms with Crippen LogP contribution in [0.5, 0.6) is 0 Å². The van der Waals surface area contributed by atoms with Crippen LogP contribution in [0.25, 0.3) is 0 Å². The van der Waals surface area contributed by atoms with Crippen LogP contribution in [0.1, 0.15) is 57.8 Å². The van der Waals surface area contributed by atoms with Gasteiger partial charge in [0.05, 0.1) is 0 Å². The first kappa shape index (κ1) is 30.3. The fourth-order valence-corrected chi connectivity index (χ4v) is 7.51. The van der Waals surface area contributed by atoms with Crippen molar-refractivity contribution in [1.82, 2.24) is 4.90 Å². The molecule has 31 heavy (non-hydrogen) atoms. The van der Waals surface area contributed by atoms with Crippen LogP contribution < -0.4 is 10.6 Å². The molecule has 2 aliphatic rings. The smallest absolute Gasteiger partial charge is 0.358 e. The number of hydrogen-bond acceptors (Lipinski definition) is 1. The Morgan fingerprint density at radius 3 is 1.45 bits per heavy atom. The summed E-state index contributed by atoms with van der Waals surface area (Å²) in [5, 5.41) is 3.03. The summed E-state index contributed by atoms with van der Waals surface area (Å²) >= 11 is 0. The summed E-state index contributed by atoms with van der Waals surface area (Å²) in [7, 11) is 4.26. The van der Waals surface area contributed by atoms with Gasteiger partial charge >= 0.3 is 17.1 Å². The largest absolute Gasteiger partial charge is 2.00 e. The molecule has 3 heteroatoms. The average molecular weight is 481 g/mol. The third kappa shape index (κ3) is 9.79. The van der Waals surface area contributed by atoms with Gasteiger partial charge in [0.1, 0.15) is 0 Å². The molecule has 2 aliphatic carbocycles. The van der Waals surface area contributed by atoms with E-state index in [0.717, 1.165) is 5.92 Å². The van der Waals surface area contributed by atoms with Gasteiger partial charge in [-0.25, -0.2) is 0 Å². The second-order valence-corrected chi connectivity index (χ2v) is 10.9. The minimum atomic E-state index is -0.280. The van der Waals surface area contributed by atoms with Crippen molar-refractivity contribution in [2.45, 2.75) is 63.8 Å². The van der Waals surface area contributed by atoms with E-state index in [1.165, 1.54) is 74.6 Å². The minimum Gasteiger partial charge on any atom is -0.358 e. The van der Waals surface area contributed by atoms with Gasteiger partial charge in [-0.1, -0.05) is 106 Å². The van der Waals surface area contributed by atoms with E-state index in [1.54, 1.807) is 0 Å². The first-order valence-electron chi connectivity index (χ1n) is 11.3. The first-order chi connectivity index (χ1) is 13.8. The number of benzene rings is 2. The van der Waals surface area contributed by atoms with E-state index in [4.69, 9.17) is 0 Å². The number of rotatable bonds is 6. The third-order valence-corrected chi connectivity index (χ3v) is 8.94. The Hall–Kier alpha value is -0.651. The van der Waals surface area contributed by atoms with E-state index in [9.17, 15) is 0 Å². The molecule has 0 aromatic heterocycles. The van der Waals surface area contributed by atoms with Crippen molar-refractivity contribution in [3.8, 4) is 0 Å². The first-order valence-corrected chi connectivity index (χ1v) is 12.8. The van der Waals surface area contributed by atoms with Crippen molar-refractivity contribution in [2.24, 2.45) is 5.92 Å². The zero-order valence-electron chi connectivity index (χ0n) is 20.2. The van der Waals surface area contributed by atoms with E-state index in [2.05, 4.69) is 79.7 Å². The monoisotopic (exact) mass is 481 g/mol. The van der Waals surface area contributed by atoms with Crippen molar-refractivity contribution in [2.75, 3.05) is 20.3 Å². The quantitative estimate of drug-likeness (QED) is 0.242. The molecule has 0 spiro atoms. The van der Waals surface area contributed by atoms with E-state index >= 15 is 0 Å². The maximum Gasteiger partial charge on any atom is 2.00 e. The van der Waals surface area contributed by atoms with Crippen molar-refractivity contribution in [1.29, 1.82) is 0 Å². The molecule has 2 aromatic carbocycles. The van der Waals surface area contributed by atoms with Gasteiger partial charge in [0, 0.05) is 6.04 Å². The molecule has 0 heterocycles. The Kier molecular flexibility index (Phi) is 16.6. The van der Waals surface area contributed by atoms with Crippen LogP contribution in [0.3, 0.4) is 0 Å². The van der Waals surface area contributed by atoms with Crippen molar-refractivity contribution < 1.29 is 17.1 Å². The third-order valence-electron chi connectivity index (χ3n) is 6.36. The van der Waals surface area contributed by atoms with Gasteiger partial charge in [0.25, 0.3) is 0 Å². The maximum absolute atomic E-state index is 2.48. The van der Waals surface area contributed by atoms with Gasteiger partial charge in [-0.05, 0) is 57.5 Å². The van der Waals surface area contributed by atoms with E-state index < -0.39 is 0 Å². The van der Waals surface area contributed by atoms with E-state index in [1.807, 2.05) is 0 Å². The molecule has 0 bridgehead atoms. The van der Waals surface area contributed by atoms with E-state index in [0.29, 0.717) is 6.04 Å². The molecule has 4 rings (SSSR count). The summed E-state index contributed by atoms with van der Waals surface area (Å²) in [5.41, 5.74) is 0. The molecule has 2 fully saturated rings. The average Bonchev–Trinajstić information content (AvgIpc) is 3.47. The molecule has 1 nitrogen and oxygen atoms in total. The van der Waals surface area contributed by atoms with Crippen molar-refractivity contribution in [3.05, 3.63) is 75.5 Å². The Labute approximate surface area is 205 Å². The Balaban J connectivity index is 0.000000995. The fourth-order valence-electron chi connectivity index (χ4n) is 4.72. The van der Waals surface area contributed by atoms with Crippen LogP contribution in [-0.2, 0) is 17.1 Å². The van der Waals surface area contributed by atoms with Crippen LogP contribution in [0.4, 0.5) is 0 Å². The molecule has 0 amide bonds. The second-order valence-electron chi connectivity index (χ2n) is 8.62. The summed E-state index contributed by atoms with van der Waals surface area (Å²) in [5.74, 6) is 0.877. The van der Waals surface area contributed by atoms with Gasteiger partial charge in [-0.3, -0.25) is 0 Å². The zero-order valence-corrected chi connectivity index (χ0v) is 22.2. The predicted octanol–water partition coefficient (Wildman–Crippen LogP) is 7.09. The standard InChI is InChI=1S/C21H28NP.C5H10.2CH3.Fe/c1-22(2)21(18-11-9-10-12-18)17-23(19-13-5-3-6-14-19)20-15-7-4-8-16-20;1-2-4-5-3-1;;;/h3-8,13-16,18,21H,9-12,17H2,1-2H3;1-5H2;2*1H3;/q;;2*-1;+2. The SMILES string of the molecule is C1CCCC1.CN(C)C(CP(c1ccccc1)c1ccccc1)C1CCCC1.[CH3-].[CH3-].[Fe+2]. The van der Waals surface area contributed by atoms with Crippen LogP contribution >= 0.6 is 7.92 Å². The summed E-state index contributed by atoms with van der Waals surface area (Å²) < 4.78 is 0. The molecule has 174 valence electrons. The van der Waals surface area contributed by atoms with Crippen LogP contribution in [0.2, 0.25) is 0 Å². The summed E-state index contributed by atoms with van der Waals surface area (Å²) in [6, 6.07) is 23.0. The van der Waals surface area contributed by atoms with Gasteiger partial charge in [0.2, 0.25) is 0 Å². The zero-order chi connectivity index (χ0) is 19.6. The molecule has 0 radical (unpaired) electrons. The van der Waals surface area contributed by atoms with E-state index in [-0.39, 0.29) is 39.8 Å². The second kappa shape index (κ2) is 16.9. The molecule has 1 atom stereocenters. The normalized spacial score (nSPS) is 16.5. The Bertz CT molecular complexity index is 604. The van der Waals surface area contributed by atoms with Gasteiger partial charge in [-0.15, -0.1) is 0 Å². The molecule has 0 saturated heterocycles. The van der Waals surface area contributed by atoms with Crippen molar-refractivity contribution >= 4 is 18.5 Å². The van der Waals surface area contributed by atoms with Crippen LogP contribution in [0.15, 0.2) is 60.7 Å². The molecule has 2 aromatic rings. The molecule has 0 N–H and O–H groups in total. The van der Waals surface area contributed by atoms with Crippen molar-refractivity contribution in [3.63, 3.8) is 0 Å². The van der Waals surface area contributed by atoms with Gasteiger partial charge in [0.15, 0.2) is 0 Å². The van der Waals surface area contributed by atoms with Gasteiger partial charge in [-0.2, -0.15) is 0 Å². The fraction of sp³-hybridized carbons (Fsp3) is 0.500. The Morgan fingerprint density at radius 1 is 0.710 bits per heavy atom. The molecule has 0 aliphatic heterocycles. The Morgan fingerprint density at radius 2 is 1.10 bits per heavy atom. The maximum atomic E-state index is 2.48.